The Balaban J connectivity index is 2.77. The Bertz CT molecular complexity index is 437. The Kier molecular flexibility index (Phi) is 4.06. The molecule has 0 aliphatic carbocycles. The number of nitriles is 2. The third kappa shape index (κ3) is 2.83. The third-order valence-corrected chi connectivity index (χ3v) is 2.13. The number of carbonyl (C=O) groups is 1. The number of esters is 1. The van der Waals surface area contributed by atoms with Crippen molar-refractivity contribution in [1.29, 1.82) is 10.5 Å². The molecule has 0 saturated carbocycles. The van der Waals surface area contributed by atoms with Crippen LogP contribution in [0.5, 0.6) is 0 Å². The van der Waals surface area contributed by atoms with Gasteiger partial charge in [0.25, 0.3) is 0 Å². The van der Waals surface area contributed by atoms with Crippen LogP contribution in [-0.2, 0) is 11.2 Å². The molecule has 80 valence electrons. The van der Waals surface area contributed by atoms with Gasteiger partial charge < -0.3 is 4.74 Å². The molecule has 0 N–H and O–H groups in total. The van der Waals surface area contributed by atoms with Crippen LogP contribution in [-0.4, -0.2) is 13.1 Å². The van der Waals surface area contributed by atoms with Crippen LogP contribution in [0.3, 0.4) is 0 Å². The van der Waals surface area contributed by atoms with Crippen molar-refractivity contribution in [2.24, 2.45) is 5.92 Å². The van der Waals surface area contributed by atoms with E-state index in [0.29, 0.717) is 12.0 Å². The molecule has 16 heavy (non-hydrogen) atoms. The predicted octanol–water partition coefficient (Wildman–Crippen LogP) is 1.68. The molecule has 0 unspecified atom stereocenters. The molecule has 0 fully saturated rings. The van der Waals surface area contributed by atoms with Crippen molar-refractivity contribution in [3.63, 3.8) is 0 Å². The normalized spacial score (nSPS) is 9.25. The number of ether oxygens (including phenoxy) is 1. The van der Waals surface area contributed by atoms with Crippen LogP contribution in [0.25, 0.3) is 0 Å². The van der Waals surface area contributed by atoms with Gasteiger partial charge in [-0.05, 0) is 17.7 Å². The molecule has 1 aromatic carbocycles. The zero-order valence-electron chi connectivity index (χ0n) is 8.80. The van der Waals surface area contributed by atoms with E-state index in [1.807, 2.05) is 12.1 Å². The highest BCUT2D eigenvalue weighted by atomic mass is 16.5. The van der Waals surface area contributed by atoms with Crippen LogP contribution < -0.4 is 0 Å². The van der Waals surface area contributed by atoms with Crippen molar-refractivity contribution in [1.82, 2.24) is 0 Å². The van der Waals surface area contributed by atoms with E-state index in [1.54, 1.807) is 24.3 Å². The van der Waals surface area contributed by atoms with Gasteiger partial charge in [0.2, 0.25) is 0 Å². The average Bonchev–Trinajstić information content (AvgIpc) is 2.35. The highest BCUT2D eigenvalue weighted by Crippen LogP contribution is 2.10. The fraction of sp³-hybridized carbons (Fsp3) is 0.250. The van der Waals surface area contributed by atoms with Crippen LogP contribution in [0.15, 0.2) is 24.3 Å². The Morgan fingerprint density at radius 3 is 2.31 bits per heavy atom. The van der Waals surface area contributed by atoms with Crippen molar-refractivity contribution in [2.45, 2.75) is 6.42 Å². The summed E-state index contributed by atoms with van der Waals surface area (Å²) in [6.07, 6.45) is 0.369. The molecule has 0 saturated heterocycles. The van der Waals surface area contributed by atoms with Gasteiger partial charge in [0.05, 0.1) is 24.8 Å². The Labute approximate surface area is 93.7 Å². The van der Waals surface area contributed by atoms with E-state index in [4.69, 9.17) is 10.5 Å². The van der Waals surface area contributed by atoms with Crippen molar-refractivity contribution in [3.05, 3.63) is 35.4 Å². The lowest BCUT2D eigenvalue weighted by Crippen LogP contribution is -2.02. The standard InChI is InChI=1S/C12H10N2O2/c1-16-12(15)11-4-2-9(3-5-11)6-10(7-13)8-14/h2-5,10H,6H2,1H3. The Hall–Kier alpha value is -2.33. The topological polar surface area (TPSA) is 73.9 Å². The summed E-state index contributed by atoms with van der Waals surface area (Å²) >= 11 is 0. The smallest absolute Gasteiger partial charge is 0.337 e. The molecule has 0 atom stereocenters. The van der Waals surface area contributed by atoms with E-state index in [1.165, 1.54) is 7.11 Å². The number of methoxy groups -OCH3 is 1. The maximum atomic E-state index is 11.1. The number of rotatable bonds is 3. The summed E-state index contributed by atoms with van der Waals surface area (Å²) in [5.74, 6) is -1.05. The molecular weight excluding hydrogens is 204 g/mol. The highest BCUT2D eigenvalue weighted by Gasteiger charge is 2.08. The van der Waals surface area contributed by atoms with E-state index in [2.05, 4.69) is 4.74 Å². The molecule has 0 heterocycles. The van der Waals surface area contributed by atoms with Gasteiger partial charge in [0.15, 0.2) is 0 Å². The molecular formula is C12H10N2O2. The van der Waals surface area contributed by atoms with Gasteiger partial charge in [0.1, 0.15) is 5.92 Å². The van der Waals surface area contributed by atoms with Gasteiger partial charge in [-0.3, -0.25) is 0 Å². The Morgan fingerprint density at radius 2 is 1.88 bits per heavy atom. The molecule has 0 radical (unpaired) electrons. The molecule has 0 bridgehead atoms. The van der Waals surface area contributed by atoms with E-state index < -0.39 is 11.9 Å². The average molecular weight is 214 g/mol. The summed E-state index contributed by atoms with van der Waals surface area (Å²) in [4.78, 5) is 11.1. The molecule has 1 rings (SSSR count). The summed E-state index contributed by atoms with van der Waals surface area (Å²) in [5.41, 5.74) is 1.30. The lowest BCUT2D eigenvalue weighted by Gasteiger charge is -2.02. The second kappa shape index (κ2) is 5.53. The largest absolute Gasteiger partial charge is 0.465 e. The lowest BCUT2D eigenvalue weighted by atomic mass is 10.0. The summed E-state index contributed by atoms with van der Waals surface area (Å²) in [6.45, 7) is 0. The van der Waals surface area contributed by atoms with Gasteiger partial charge >= 0.3 is 5.97 Å². The zero-order valence-corrected chi connectivity index (χ0v) is 8.80. The summed E-state index contributed by atoms with van der Waals surface area (Å²) in [7, 11) is 1.32. The number of hydrogen-bond acceptors (Lipinski definition) is 4. The van der Waals surface area contributed by atoms with E-state index >= 15 is 0 Å². The predicted molar refractivity (Wildman–Crippen MR) is 56.2 cm³/mol. The quantitative estimate of drug-likeness (QED) is 0.717. The van der Waals surface area contributed by atoms with Gasteiger partial charge in [-0.1, -0.05) is 12.1 Å². The first-order valence-corrected chi connectivity index (χ1v) is 4.67. The summed E-state index contributed by atoms with van der Waals surface area (Å²) in [5, 5.41) is 17.2. The van der Waals surface area contributed by atoms with Gasteiger partial charge in [0, 0.05) is 6.42 Å². The van der Waals surface area contributed by atoms with Crippen LogP contribution >= 0.6 is 0 Å². The first-order valence-electron chi connectivity index (χ1n) is 4.67. The number of nitrogens with zero attached hydrogens (tertiary/aromatic N) is 2. The minimum absolute atomic E-state index is 0.369. The molecule has 4 nitrogen and oxygen atoms in total. The molecule has 0 aliphatic heterocycles. The second-order valence-electron chi connectivity index (χ2n) is 3.20. The summed E-state index contributed by atoms with van der Waals surface area (Å²) in [6, 6.07) is 10.5. The van der Waals surface area contributed by atoms with Gasteiger partial charge in [-0.2, -0.15) is 10.5 Å². The van der Waals surface area contributed by atoms with E-state index in [0.717, 1.165) is 5.56 Å². The van der Waals surface area contributed by atoms with Crippen molar-refractivity contribution >= 4 is 5.97 Å². The summed E-state index contributed by atoms with van der Waals surface area (Å²) < 4.78 is 4.56. The van der Waals surface area contributed by atoms with Gasteiger partial charge in [-0.25, -0.2) is 4.79 Å². The second-order valence-corrected chi connectivity index (χ2v) is 3.20. The molecule has 4 heteroatoms. The van der Waals surface area contributed by atoms with Crippen LogP contribution in [0.4, 0.5) is 0 Å². The fourth-order valence-corrected chi connectivity index (χ4v) is 1.25. The minimum atomic E-state index is -0.649. The maximum absolute atomic E-state index is 11.1. The van der Waals surface area contributed by atoms with E-state index in [9.17, 15) is 4.79 Å². The number of carbonyl (C=O) groups excluding carboxylic acids is 1. The molecule has 0 aromatic heterocycles. The van der Waals surface area contributed by atoms with Crippen molar-refractivity contribution in [3.8, 4) is 12.1 Å². The first kappa shape index (κ1) is 11.7. The molecule has 1 aromatic rings. The molecule has 0 aliphatic rings. The number of benzene rings is 1. The lowest BCUT2D eigenvalue weighted by molar-refractivity contribution is 0.0600. The number of hydrogen-bond donors (Lipinski definition) is 0. The third-order valence-electron chi connectivity index (χ3n) is 2.13. The van der Waals surface area contributed by atoms with E-state index in [-0.39, 0.29) is 0 Å². The van der Waals surface area contributed by atoms with Crippen LogP contribution in [0.2, 0.25) is 0 Å². The minimum Gasteiger partial charge on any atom is -0.465 e. The van der Waals surface area contributed by atoms with Crippen molar-refractivity contribution in [2.75, 3.05) is 7.11 Å². The van der Waals surface area contributed by atoms with Gasteiger partial charge in [-0.15, -0.1) is 0 Å². The first-order chi connectivity index (χ1) is 7.71. The highest BCUT2D eigenvalue weighted by molar-refractivity contribution is 5.89. The fourth-order valence-electron chi connectivity index (χ4n) is 1.25. The molecule has 0 amide bonds. The monoisotopic (exact) mass is 214 g/mol. The SMILES string of the molecule is COC(=O)c1ccc(CC(C#N)C#N)cc1. The van der Waals surface area contributed by atoms with Crippen LogP contribution in [0, 0.1) is 28.6 Å². The van der Waals surface area contributed by atoms with Crippen LogP contribution in [0.1, 0.15) is 15.9 Å². The zero-order chi connectivity index (χ0) is 12.0. The maximum Gasteiger partial charge on any atom is 0.337 e. The Morgan fingerprint density at radius 1 is 1.31 bits per heavy atom. The van der Waals surface area contributed by atoms with Crippen molar-refractivity contribution < 1.29 is 9.53 Å². The molecule has 0 spiro atoms.